The highest BCUT2D eigenvalue weighted by Gasteiger charge is 2.21. The second kappa shape index (κ2) is 9.77. The van der Waals surface area contributed by atoms with E-state index in [1.165, 1.54) is 19.3 Å². The molecule has 0 radical (unpaired) electrons. The van der Waals surface area contributed by atoms with Gasteiger partial charge in [-0.3, -0.25) is 14.3 Å². The van der Waals surface area contributed by atoms with Crippen LogP contribution < -0.4 is 16.4 Å². The average molecular weight is 372 g/mol. The van der Waals surface area contributed by atoms with Crippen molar-refractivity contribution in [3.63, 3.8) is 0 Å². The number of aromatic nitrogens is 2. The molecule has 0 saturated heterocycles. The Morgan fingerprint density at radius 1 is 1.32 bits per heavy atom. The maximum atomic E-state index is 12.0. The molecule has 1 atom stereocenters. The summed E-state index contributed by atoms with van der Waals surface area (Å²) >= 11 is 0. The van der Waals surface area contributed by atoms with Gasteiger partial charge in [-0.1, -0.05) is 33.1 Å². The lowest BCUT2D eigenvalue weighted by molar-refractivity contribution is -0.125. The summed E-state index contributed by atoms with van der Waals surface area (Å²) in [5, 5.41) is 9.90. The van der Waals surface area contributed by atoms with E-state index in [9.17, 15) is 9.59 Å². The molecule has 1 heterocycles. The number of nitrogens with zero attached hydrogens (tertiary/aromatic N) is 2. The number of hydrogen-bond donors (Lipinski definition) is 3. The second-order valence-corrected chi connectivity index (χ2v) is 6.95. The van der Waals surface area contributed by atoms with Crippen LogP contribution in [-0.2, 0) is 16.6 Å². The number of rotatable bonds is 6. The van der Waals surface area contributed by atoms with E-state index < -0.39 is 6.04 Å². The van der Waals surface area contributed by atoms with Crippen molar-refractivity contribution in [1.29, 1.82) is 0 Å². The maximum Gasteiger partial charge on any atom is 0.244 e. The van der Waals surface area contributed by atoms with Crippen LogP contribution in [0.25, 0.3) is 0 Å². The summed E-state index contributed by atoms with van der Waals surface area (Å²) in [4.78, 5) is 23.8. The Labute approximate surface area is 155 Å². The first-order valence-electron chi connectivity index (χ1n) is 8.75. The van der Waals surface area contributed by atoms with Crippen LogP contribution >= 0.6 is 12.4 Å². The van der Waals surface area contributed by atoms with E-state index in [0.29, 0.717) is 11.7 Å². The zero-order chi connectivity index (χ0) is 17.7. The largest absolute Gasteiger partial charge is 0.346 e. The number of nitrogens with one attached hydrogen (secondary N) is 2. The zero-order valence-electron chi connectivity index (χ0n) is 15.2. The lowest BCUT2D eigenvalue weighted by Gasteiger charge is -2.19. The molecule has 1 saturated carbocycles. The van der Waals surface area contributed by atoms with Crippen molar-refractivity contribution in [2.24, 2.45) is 18.7 Å². The molecule has 1 aliphatic carbocycles. The first-order chi connectivity index (χ1) is 11.4. The summed E-state index contributed by atoms with van der Waals surface area (Å²) in [6.07, 6.45) is 6.10. The third kappa shape index (κ3) is 6.01. The maximum absolute atomic E-state index is 12.0. The molecule has 8 heteroatoms. The molecule has 1 fully saturated rings. The summed E-state index contributed by atoms with van der Waals surface area (Å²) in [7, 11) is 1.81. The van der Waals surface area contributed by atoms with Gasteiger partial charge in [-0.05, 0) is 18.8 Å². The van der Waals surface area contributed by atoms with Crippen LogP contribution in [0.15, 0.2) is 6.07 Å². The van der Waals surface area contributed by atoms with Crippen molar-refractivity contribution in [2.75, 3.05) is 11.9 Å². The molecule has 2 amide bonds. The summed E-state index contributed by atoms with van der Waals surface area (Å²) in [6.45, 7) is 3.64. The van der Waals surface area contributed by atoms with E-state index in [1.54, 1.807) is 4.68 Å². The van der Waals surface area contributed by atoms with Crippen LogP contribution in [-0.4, -0.2) is 34.2 Å². The Morgan fingerprint density at radius 2 is 1.96 bits per heavy atom. The van der Waals surface area contributed by atoms with Crippen LogP contribution in [0, 0.1) is 5.92 Å². The highest BCUT2D eigenvalue weighted by Crippen LogP contribution is 2.32. The lowest BCUT2D eigenvalue weighted by atomic mass is 9.87. The molecule has 1 aliphatic rings. The third-order valence-electron chi connectivity index (χ3n) is 4.63. The normalized spacial score (nSPS) is 16.2. The molecule has 1 aromatic heterocycles. The highest BCUT2D eigenvalue weighted by molar-refractivity contribution is 5.94. The fourth-order valence-electron chi connectivity index (χ4n) is 2.98. The van der Waals surface area contributed by atoms with E-state index in [-0.39, 0.29) is 36.7 Å². The van der Waals surface area contributed by atoms with Gasteiger partial charge in [0.2, 0.25) is 11.8 Å². The number of carbonyl (C=O) groups excluding carboxylic acids is 2. The van der Waals surface area contributed by atoms with Gasteiger partial charge in [0.05, 0.1) is 18.3 Å². The smallest absolute Gasteiger partial charge is 0.244 e. The van der Waals surface area contributed by atoms with Crippen LogP contribution in [0.2, 0.25) is 0 Å². The molecule has 0 spiro atoms. The van der Waals surface area contributed by atoms with Crippen LogP contribution in [0.1, 0.15) is 57.6 Å². The van der Waals surface area contributed by atoms with E-state index in [0.717, 1.165) is 18.5 Å². The van der Waals surface area contributed by atoms with Crippen molar-refractivity contribution in [3.05, 3.63) is 11.8 Å². The molecule has 4 N–H and O–H groups in total. The molecule has 0 aliphatic heterocycles. The summed E-state index contributed by atoms with van der Waals surface area (Å²) in [6, 6.07) is 1.34. The number of aryl methyl sites for hydroxylation is 1. The number of anilines is 1. The van der Waals surface area contributed by atoms with E-state index in [4.69, 9.17) is 5.73 Å². The molecule has 0 bridgehead atoms. The topological polar surface area (TPSA) is 102 Å². The van der Waals surface area contributed by atoms with E-state index >= 15 is 0 Å². The monoisotopic (exact) mass is 371 g/mol. The number of carbonyl (C=O) groups is 2. The minimum absolute atomic E-state index is 0. The molecular weight excluding hydrogens is 342 g/mol. The summed E-state index contributed by atoms with van der Waals surface area (Å²) < 4.78 is 1.68. The lowest BCUT2D eigenvalue weighted by Crippen LogP contribution is -2.46. The Morgan fingerprint density at radius 3 is 2.56 bits per heavy atom. The first-order valence-corrected chi connectivity index (χ1v) is 8.75. The average Bonchev–Trinajstić information content (AvgIpc) is 2.93. The first kappa shape index (κ1) is 21.4. The number of amides is 2. The Kier molecular flexibility index (Phi) is 8.38. The van der Waals surface area contributed by atoms with Gasteiger partial charge in [0, 0.05) is 19.0 Å². The van der Waals surface area contributed by atoms with Gasteiger partial charge >= 0.3 is 0 Å². The molecule has 0 unspecified atom stereocenters. The standard InChI is InChI=1S/C17H29N5O2.ClH/c1-11(2)16(18)17(24)19-10-15(23)20-14-9-13(21-22(14)3)12-7-5-4-6-8-12;/h9,11-12,16H,4-8,10,18H2,1-3H3,(H,19,24)(H,20,23);1H/t16-;/m0./s1. The third-order valence-corrected chi connectivity index (χ3v) is 4.63. The Balaban J connectivity index is 0.00000312. The van der Waals surface area contributed by atoms with Crippen molar-refractivity contribution in [2.45, 2.75) is 57.9 Å². The molecular formula is C17H30ClN5O2. The SMILES string of the molecule is CC(C)[C@H](N)C(=O)NCC(=O)Nc1cc(C2CCCCC2)nn1C.Cl. The van der Waals surface area contributed by atoms with Crippen molar-refractivity contribution < 1.29 is 9.59 Å². The number of halogens is 1. The van der Waals surface area contributed by atoms with Crippen molar-refractivity contribution in [1.82, 2.24) is 15.1 Å². The Hall–Kier alpha value is -1.60. The van der Waals surface area contributed by atoms with Gasteiger partial charge < -0.3 is 16.4 Å². The summed E-state index contributed by atoms with van der Waals surface area (Å²) in [5.41, 5.74) is 6.79. The molecule has 25 heavy (non-hydrogen) atoms. The minimum Gasteiger partial charge on any atom is -0.346 e. The number of nitrogens with two attached hydrogens (primary N) is 1. The van der Waals surface area contributed by atoms with Gasteiger partial charge in [0.1, 0.15) is 5.82 Å². The van der Waals surface area contributed by atoms with E-state index in [2.05, 4.69) is 15.7 Å². The van der Waals surface area contributed by atoms with Crippen molar-refractivity contribution >= 4 is 30.0 Å². The molecule has 0 aromatic carbocycles. The van der Waals surface area contributed by atoms with Gasteiger partial charge in [0.25, 0.3) is 0 Å². The molecule has 1 aromatic rings. The fourth-order valence-corrected chi connectivity index (χ4v) is 2.98. The predicted octanol–water partition coefficient (Wildman–Crippen LogP) is 1.93. The van der Waals surface area contributed by atoms with Gasteiger partial charge in [-0.25, -0.2) is 0 Å². The van der Waals surface area contributed by atoms with Gasteiger partial charge in [-0.15, -0.1) is 12.4 Å². The quantitative estimate of drug-likeness (QED) is 0.710. The minimum atomic E-state index is -0.604. The molecule has 7 nitrogen and oxygen atoms in total. The highest BCUT2D eigenvalue weighted by atomic mass is 35.5. The van der Waals surface area contributed by atoms with Crippen LogP contribution in [0.5, 0.6) is 0 Å². The van der Waals surface area contributed by atoms with Crippen LogP contribution in [0.3, 0.4) is 0 Å². The molecule has 142 valence electrons. The Bertz CT molecular complexity index is 582. The zero-order valence-corrected chi connectivity index (χ0v) is 16.1. The van der Waals surface area contributed by atoms with Gasteiger partial charge in [-0.2, -0.15) is 5.10 Å². The van der Waals surface area contributed by atoms with Crippen LogP contribution in [0.4, 0.5) is 5.82 Å². The number of hydrogen-bond acceptors (Lipinski definition) is 4. The van der Waals surface area contributed by atoms with E-state index in [1.807, 2.05) is 27.0 Å². The second-order valence-electron chi connectivity index (χ2n) is 6.95. The fraction of sp³-hybridized carbons (Fsp3) is 0.706. The predicted molar refractivity (Wildman–Crippen MR) is 101 cm³/mol. The van der Waals surface area contributed by atoms with Gasteiger partial charge in [0.15, 0.2) is 0 Å². The van der Waals surface area contributed by atoms with Crippen molar-refractivity contribution in [3.8, 4) is 0 Å². The molecule has 2 rings (SSSR count). The summed E-state index contributed by atoms with van der Waals surface area (Å²) in [5.74, 6) is 0.580.